The summed E-state index contributed by atoms with van der Waals surface area (Å²) in [6, 6.07) is 4.00. The highest BCUT2D eigenvalue weighted by Gasteiger charge is 2.14. The summed E-state index contributed by atoms with van der Waals surface area (Å²) in [5.74, 6) is -2.33. The highest BCUT2D eigenvalue weighted by atomic mass is 32.2. The van der Waals surface area contributed by atoms with Crippen LogP contribution in [-0.4, -0.2) is 35.6 Å². The van der Waals surface area contributed by atoms with Gasteiger partial charge in [-0.2, -0.15) is 5.10 Å². The number of nitrogens with one attached hydrogen (secondary N) is 1. The molecule has 0 fully saturated rings. The molecule has 2 rings (SSSR count). The monoisotopic (exact) mass is 343 g/mol. The van der Waals surface area contributed by atoms with Gasteiger partial charge in [0.15, 0.2) is 15.7 Å². The summed E-state index contributed by atoms with van der Waals surface area (Å²) in [4.78, 5) is 11.9. The van der Waals surface area contributed by atoms with Crippen LogP contribution in [0.1, 0.15) is 17.3 Å². The average Bonchev–Trinajstić information content (AvgIpc) is 2.95. The molecule has 0 saturated heterocycles. The van der Waals surface area contributed by atoms with E-state index < -0.39 is 32.9 Å². The SMILES string of the molecule is CCS(=O)(=O)CCn1ccc(NC(=O)c2cc(F)ccc2F)n1. The fourth-order valence-electron chi connectivity index (χ4n) is 1.78. The molecule has 0 atom stereocenters. The number of carbonyl (C=O) groups excluding carboxylic acids is 1. The first-order valence-corrected chi connectivity index (χ1v) is 8.63. The van der Waals surface area contributed by atoms with Gasteiger partial charge in [-0.3, -0.25) is 9.48 Å². The van der Waals surface area contributed by atoms with Gasteiger partial charge in [-0.25, -0.2) is 17.2 Å². The Labute approximate surface area is 132 Å². The van der Waals surface area contributed by atoms with E-state index in [4.69, 9.17) is 0 Å². The molecule has 0 aliphatic rings. The molecule has 6 nitrogen and oxygen atoms in total. The molecule has 1 amide bonds. The van der Waals surface area contributed by atoms with E-state index in [9.17, 15) is 22.0 Å². The fourth-order valence-corrected chi connectivity index (χ4v) is 2.54. The predicted octanol–water partition coefficient (Wildman–Crippen LogP) is 1.85. The number of benzene rings is 1. The van der Waals surface area contributed by atoms with Crippen molar-refractivity contribution in [2.75, 3.05) is 16.8 Å². The van der Waals surface area contributed by atoms with Gasteiger partial charge in [-0.1, -0.05) is 6.92 Å². The maximum Gasteiger partial charge on any atom is 0.259 e. The molecule has 0 saturated carbocycles. The second kappa shape index (κ2) is 6.86. The summed E-state index contributed by atoms with van der Waals surface area (Å²) in [5.41, 5.74) is -0.437. The fraction of sp³-hybridized carbons (Fsp3) is 0.286. The van der Waals surface area contributed by atoms with Crippen molar-refractivity contribution in [1.29, 1.82) is 0 Å². The van der Waals surface area contributed by atoms with Gasteiger partial charge in [0.2, 0.25) is 0 Å². The van der Waals surface area contributed by atoms with E-state index in [1.165, 1.54) is 16.9 Å². The highest BCUT2D eigenvalue weighted by molar-refractivity contribution is 7.91. The second-order valence-corrected chi connectivity index (χ2v) is 7.25. The van der Waals surface area contributed by atoms with Gasteiger partial charge in [0.25, 0.3) is 5.91 Å². The van der Waals surface area contributed by atoms with Gasteiger partial charge in [-0.05, 0) is 18.2 Å². The van der Waals surface area contributed by atoms with Crippen molar-refractivity contribution in [3.63, 3.8) is 0 Å². The summed E-state index contributed by atoms with van der Waals surface area (Å²) < 4.78 is 50.8. The third-order valence-electron chi connectivity index (χ3n) is 3.13. The zero-order chi connectivity index (χ0) is 17.0. The van der Waals surface area contributed by atoms with Crippen LogP contribution in [0.25, 0.3) is 0 Å². The van der Waals surface area contributed by atoms with Crippen molar-refractivity contribution in [2.24, 2.45) is 0 Å². The molecule has 124 valence electrons. The molecule has 0 bridgehead atoms. The van der Waals surface area contributed by atoms with E-state index in [0.29, 0.717) is 0 Å². The Balaban J connectivity index is 2.04. The molecule has 1 heterocycles. The molecule has 0 aliphatic heterocycles. The van der Waals surface area contributed by atoms with Crippen LogP contribution in [0.3, 0.4) is 0 Å². The molecule has 0 radical (unpaired) electrons. The Bertz CT molecular complexity index is 818. The van der Waals surface area contributed by atoms with Crippen LogP contribution in [0.5, 0.6) is 0 Å². The summed E-state index contributed by atoms with van der Waals surface area (Å²) in [6.45, 7) is 1.69. The third kappa shape index (κ3) is 4.59. The normalized spacial score (nSPS) is 11.4. The first kappa shape index (κ1) is 17.1. The second-order valence-electron chi connectivity index (χ2n) is 4.78. The molecule has 1 N–H and O–H groups in total. The zero-order valence-corrected chi connectivity index (χ0v) is 13.1. The first-order valence-electron chi connectivity index (χ1n) is 6.81. The topological polar surface area (TPSA) is 81.1 Å². The number of rotatable bonds is 6. The summed E-state index contributed by atoms with van der Waals surface area (Å²) in [5, 5.41) is 6.30. The summed E-state index contributed by atoms with van der Waals surface area (Å²) >= 11 is 0. The lowest BCUT2D eigenvalue weighted by molar-refractivity contribution is 0.102. The number of nitrogens with zero attached hydrogens (tertiary/aromatic N) is 2. The lowest BCUT2D eigenvalue weighted by atomic mass is 10.2. The van der Waals surface area contributed by atoms with Gasteiger partial charge in [-0.15, -0.1) is 0 Å². The standard InChI is InChI=1S/C14H15F2N3O3S/c1-2-23(21,22)8-7-19-6-5-13(18-19)17-14(20)11-9-10(15)3-4-12(11)16/h3-6,9H,2,7-8H2,1H3,(H,17,18,20). The van der Waals surface area contributed by atoms with Crippen LogP contribution in [0.15, 0.2) is 30.5 Å². The van der Waals surface area contributed by atoms with Gasteiger partial charge < -0.3 is 5.32 Å². The van der Waals surface area contributed by atoms with Gasteiger partial charge in [0.1, 0.15) is 11.6 Å². The maximum absolute atomic E-state index is 13.5. The molecule has 0 spiro atoms. The lowest BCUT2D eigenvalue weighted by Crippen LogP contribution is -2.16. The van der Waals surface area contributed by atoms with E-state index >= 15 is 0 Å². The first-order chi connectivity index (χ1) is 10.8. The van der Waals surface area contributed by atoms with Gasteiger partial charge in [0, 0.05) is 18.0 Å². The Morgan fingerprint density at radius 1 is 1.30 bits per heavy atom. The summed E-state index contributed by atoms with van der Waals surface area (Å²) in [7, 11) is -3.12. The quantitative estimate of drug-likeness (QED) is 0.868. The zero-order valence-electron chi connectivity index (χ0n) is 12.3. The minimum atomic E-state index is -3.12. The third-order valence-corrected chi connectivity index (χ3v) is 4.81. The van der Waals surface area contributed by atoms with Crippen molar-refractivity contribution in [3.05, 3.63) is 47.7 Å². The van der Waals surface area contributed by atoms with E-state index in [2.05, 4.69) is 10.4 Å². The van der Waals surface area contributed by atoms with Crippen molar-refractivity contribution in [1.82, 2.24) is 9.78 Å². The van der Waals surface area contributed by atoms with E-state index in [0.717, 1.165) is 18.2 Å². The summed E-state index contributed by atoms with van der Waals surface area (Å²) in [6.07, 6.45) is 1.49. The van der Waals surface area contributed by atoms with Crippen LogP contribution >= 0.6 is 0 Å². The number of carbonyl (C=O) groups is 1. The molecule has 9 heteroatoms. The number of aromatic nitrogens is 2. The van der Waals surface area contributed by atoms with Crippen molar-refractivity contribution < 1.29 is 22.0 Å². The molecule has 0 aliphatic carbocycles. The van der Waals surface area contributed by atoms with Crippen molar-refractivity contribution in [3.8, 4) is 0 Å². The highest BCUT2D eigenvalue weighted by Crippen LogP contribution is 2.12. The Morgan fingerprint density at radius 2 is 2.04 bits per heavy atom. The molecule has 0 unspecified atom stereocenters. The van der Waals surface area contributed by atoms with Crippen molar-refractivity contribution >= 4 is 21.6 Å². The number of hydrogen-bond acceptors (Lipinski definition) is 4. The Hall–Kier alpha value is -2.29. The predicted molar refractivity (Wildman–Crippen MR) is 80.9 cm³/mol. The van der Waals surface area contributed by atoms with Crippen LogP contribution in [0.2, 0.25) is 0 Å². The van der Waals surface area contributed by atoms with Crippen LogP contribution in [0, 0.1) is 11.6 Å². The van der Waals surface area contributed by atoms with Crippen LogP contribution < -0.4 is 5.32 Å². The maximum atomic E-state index is 13.5. The number of amides is 1. The number of anilines is 1. The molecular formula is C14H15F2N3O3S. The molecule has 23 heavy (non-hydrogen) atoms. The molecule has 1 aromatic carbocycles. The number of aryl methyl sites for hydroxylation is 1. The van der Waals surface area contributed by atoms with Crippen LogP contribution in [-0.2, 0) is 16.4 Å². The Kier molecular flexibility index (Phi) is 5.09. The minimum absolute atomic E-state index is 0.0384. The number of halogens is 2. The average molecular weight is 343 g/mol. The Morgan fingerprint density at radius 3 is 2.74 bits per heavy atom. The van der Waals surface area contributed by atoms with Gasteiger partial charge >= 0.3 is 0 Å². The van der Waals surface area contributed by atoms with E-state index in [1.807, 2.05) is 0 Å². The molecular weight excluding hydrogens is 328 g/mol. The number of sulfone groups is 1. The molecule has 1 aromatic heterocycles. The van der Waals surface area contributed by atoms with Gasteiger partial charge in [0.05, 0.1) is 17.9 Å². The minimum Gasteiger partial charge on any atom is -0.305 e. The van der Waals surface area contributed by atoms with E-state index in [1.54, 1.807) is 6.92 Å². The smallest absolute Gasteiger partial charge is 0.259 e. The van der Waals surface area contributed by atoms with Crippen molar-refractivity contribution in [2.45, 2.75) is 13.5 Å². The van der Waals surface area contributed by atoms with E-state index in [-0.39, 0.29) is 23.9 Å². The lowest BCUT2D eigenvalue weighted by Gasteiger charge is -2.04. The largest absolute Gasteiger partial charge is 0.305 e. The molecule has 2 aromatic rings. The number of hydrogen-bond donors (Lipinski definition) is 1. The van der Waals surface area contributed by atoms with Crippen LogP contribution in [0.4, 0.5) is 14.6 Å².